The minimum atomic E-state index is -0.716. The van der Waals surface area contributed by atoms with Gasteiger partial charge in [-0.1, -0.05) is 13.8 Å². The fraction of sp³-hybridized carbons (Fsp3) is 0.667. The molecule has 1 atom stereocenters. The highest BCUT2D eigenvalue weighted by atomic mass is 16.5. The zero-order chi connectivity index (χ0) is 13.2. The number of aromatic nitrogens is 1. The Morgan fingerprint density at radius 1 is 1.44 bits per heavy atom. The summed E-state index contributed by atoms with van der Waals surface area (Å²) in [5.41, 5.74) is 0.191. The van der Waals surface area contributed by atoms with Crippen molar-refractivity contribution in [1.82, 2.24) is 4.98 Å². The van der Waals surface area contributed by atoms with E-state index in [0.717, 1.165) is 37.0 Å². The molecule has 1 saturated carbocycles. The SMILES string of the molecule is COc1cncc(C(O)(CCC(C)C)C2CC2)c1. The van der Waals surface area contributed by atoms with E-state index in [0.29, 0.717) is 11.8 Å². The Morgan fingerprint density at radius 3 is 2.72 bits per heavy atom. The lowest BCUT2D eigenvalue weighted by molar-refractivity contribution is -0.00123. The van der Waals surface area contributed by atoms with Crippen LogP contribution in [-0.4, -0.2) is 17.2 Å². The molecule has 1 aliphatic rings. The number of aliphatic hydroxyl groups is 1. The Morgan fingerprint density at radius 2 is 2.17 bits per heavy atom. The van der Waals surface area contributed by atoms with E-state index in [1.54, 1.807) is 19.5 Å². The van der Waals surface area contributed by atoms with E-state index in [9.17, 15) is 5.11 Å². The molecule has 1 unspecified atom stereocenters. The Hall–Kier alpha value is -1.09. The summed E-state index contributed by atoms with van der Waals surface area (Å²) < 4.78 is 5.20. The minimum absolute atomic E-state index is 0.394. The molecule has 1 N–H and O–H groups in total. The van der Waals surface area contributed by atoms with Crippen LogP contribution in [0, 0.1) is 11.8 Å². The Bertz CT molecular complexity index is 401. The van der Waals surface area contributed by atoms with Crippen molar-refractivity contribution in [2.45, 2.75) is 45.1 Å². The summed E-state index contributed by atoms with van der Waals surface area (Å²) in [6.07, 6.45) is 7.53. The minimum Gasteiger partial charge on any atom is -0.495 e. The maximum atomic E-state index is 11.0. The van der Waals surface area contributed by atoms with Gasteiger partial charge in [-0.15, -0.1) is 0 Å². The number of pyridine rings is 1. The first-order valence-corrected chi connectivity index (χ1v) is 6.78. The number of methoxy groups -OCH3 is 1. The third kappa shape index (κ3) is 2.83. The molecule has 2 rings (SSSR count). The van der Waals surface area contributed by atoms with Gasteiger partial charge in [0.15, 0.2) is 0 Å². The molecule has 0 spiro atoms. The molecular weight excluding hydrogens is 226 g/mol. The van der Waals surface area contributed by atoms with Crippen molar-refractivity contribution in [3.05, 3.63) is 24.0 Å². The van der Waals surface area contributed by atoms with Crippen molar-refractivity contribution in [3.8, 4) is 5.75 Å². The largest absolute Gasteiger partial charge is 0.495 e. The second-order valence-electron chi connectivity index (χ2n) is 5.74. The van der Waals surface area contributed by atoms with Crippen molar-refractivity contribution in [3.63, 3.8) is 0 Å². The van der Waals surface area contributed by atoms with Gasteiger partial charge in [-0.25, -0.2) is 0 Å². The normalized spacial score (nSPS) is 18.7. The average molecular weight is 249 g/mol. The van der Waals surface area contributed by atoms with Crippen molar-refractivity contribution >= 4 is 0 Å². The molecule has 0 aromatic carbocycles. The van der Waals surface area contributed by atoms with Gasteiger partial charge in [0, 0.05) is 11.8 Å². The molecular formula is C15H23NO2. The Labute approximate surface area is 109 Å². The highest BCUT2D eigenvalue weighted by molar-refractivity contribution is 5.29. The van der Waals surface area contributed by atoms with Crippen LogP contribution in [0.4, 0.5) is 0 Å². The molecule has 18 heavy (non-hydrogen) atoms. The zero-order valence-corrected chi connectivity index (χ0v) is 11.5. The van der Waals surface area contributed by atoms with Gasteiger partial charge < -0.3 is 9.84 Å². The molecule has 3 heteroatoms. The van der Waals surface area contributed by atoms with Crippen LogP contribution in [-0.2, 0) is 5.60 Å². The maximum absolute atomic E-state index is 11.0. The molecule has 0 radical (unpaired) electrons. The first-order valence-electron chi connectivity index (χ1n) is 6.78. The smallest absolute Gasteiger partial charge is 0.137 e. The van der Waals surface area contributed by atoms with E-state index in [1.165, 1.54) is 0 Å². The summed E-state index contributed by atoms with van der Waals surface area (Å²) >= 11 is 0. The lowest BCUT2D eigenvalue weighted by atomic mass is 9.83. The number of hydrogen-bond donors (Lipinski definition) is 1. The summed E-state index contributed by atoms with van der Waals surface area (Å²) in [6.45, 7) is 4.38. The predicted molar refractivity (Wildman–Crippen MR) is 71.5 cm³/mol. The molecule has 1 aliphatic carbocycles. The monoisotopic (exact) mass is 249 g/mol. The quantitative estimate of drug-likeness (QED) is 0.842. The predicted octanol–water partition coefficient (Wildman–Crippen LogP) is 3.12. The summed E-state index contributed by atoms with van der Waals surface area (Å²) in [5.74, 6) is 1.72. The van der Waals surface area contributed by atoms with Crippen molar-refractivity contribution in [2.75, 3.05) is 7.11 Å². The average Bonchev–Trinajstić information content (AvgIpc) is 3.20. The molecule has 1 fully saturated rings. The van der Waals surface area contributed by atoms with Crippen LogP contribution in [0.25, 0.3) is 0 Å². The number of ether oxygens (including phenoxy) is 1. The van der Waals surface area contributed by atoms with Gasteiger partial charge in [0.2, 0.25) is 0 Å². The molecule has 1 aromatic heterocycles. The molecule has 100 valence electrons. The lowest BCUT2D eigenvalue weighted by Gasteiger charge is -2.29. The first-order chi connectivity index (χ1) is 8.56. The van der Waals surface area contributed by atoms with Crippen molar-refractivity contribution in [1.29, 1.82) is 0 Å². The summed E-state index contributed by atoms with van der Waals surface area (Å²) in [4.78, 5) is 4.17. The Balaban J connectivity index is 2.22. The number of rotatable bonds is 6. The standard InChI is InChI=1S/C15H23NO2/c1-11(2)6-7-15(17,12-4-5-12)13-8-14(18-3)10-16-9-13/h8-12,17H,4-7H2,1-3H3. The molecule has 0 aliphatic heterocycles. The molecule has 3 nitrogen and oxygen atoms in total. The zero-order valence-electron chi connectivity index (χ0n) is 11.5. The maximum Gasteiger partial charge on any atom is 0.137 e. The Kier molecular flexibility index (Phi) is 3.91. The van der Waals surface area contributed by atoms with Gasteiger partial charge in [0.1, 0.15) is 5.75 Å². The number of hydrogen-bond acceptors (Lipinski definition) is 3. The molecule has 0 amide bonds. The van der Waals surface area contributed by atoms with E-state index in [1.807, 2.05) is 6.07 Å². The van der Waals surface area contributed by atoms with Crippen molar-refractivity contribution < 1.29 is 9.84 Å². The van der Waals surface area contributed by atoms with Crippen LogP contribution in [0.1, 0.15) is 45.1 Å². The molecule has 1 aromatic rings. The highest BCUT2D eigenvalue weighted by Gasteiger charge is 2.45. The second kappa shape index (κ2) is 5.27. The third-order valence-corrected chi connectivity index (χ3v) is 3.80. The molecule has 0 saturated heterocycles. The molecule has 1 heterocycles. The van der Waals surface area contributed by atoms with E-state index in [4.69, 9.17) is 4.74 Å². The molecule has 0 bridgehead atoms. The van der Waals surface area contributed by atoms with Gasteiger partial charge >= 0.3 is 0 Å². The second-order valence-corrected chi connectivity index (χ2v) is 5.74. The summed E-state index contributed by atoms with van der Waals surface area (Å²) in [7, 11) is 1.63. The summed E-state index contributed by atoms with van der Waals surface area (Å²) in [6, 6.07) is 1.92. The van der Waals surface area contributed by atoms with Crippen LogP contribution in [0.15, 0.2) is 18.5 Å². The van der Waals surface area contributed by atoms with E-state index >= 15 is 0 Å². The van der Waals surface area contributed by atoms with Crippen LogP contribution in [0.2, 0.25) is 0 Å². The fourth-order valence-electron chi connectivity index (χ4n) is 2.42. The topological polar surface area (TPSA) is 42.4 Å². The van der Waals surface area contributed by atoms with E-state index in [-0.39, 0.29) is 0 Å². The number of nitrogens with zero attached hydrogens (tertiary/aromatic N) is 1. The van der Waals surface area contributed by atoms with Gasteiger partial charge in [-0.2, -0.15) is 0 Å². The lowest BCUT2D eigenvalue weighted by Crippen LogP contribution is -2.29. The van der Waals surface area contributed by atoms with Gasteiger partial charge in [-0.05, 0) is 43.6 Å². The van der Waals surface area contributed by atoms with E-state index < -0.39 is 5.60 Å². The third-order valence-electron chi connectivity index (χ3n) is 3.80. The van der Waals surface area contributed by atoms with Crippen LogP contribution in [0.5, 0.6) is 5.75 Å². The fourth-order valence-corrected chi connectivity index (χ4v) is 2.42. The van der Waals surface area contributed by atoms with Gasteiger partial charge in [-0.3, -0.25) is 4.98 Å². The highest BCUT2D eigenvalue weighted by Crippen LogP contribution is 2.48. The first kappa shape index (κ1) is 13.3. The summed E-state index contributed by atoms with van der Waals surface area (Å²) in [5, 5.41) is 11.0. The van der Waals surface area contributed by atoms with Gasteiger partial charge in [0.05, 0.1) is 18.9 Å². The van der Waals surface area contributed by atoms with Crippen molar-refractivity contribution in [2.24, 2.45) is 11.8 Å². The van der Waals surface area contributed by atoms with Crippen LogP contribution < -0.4 is 4.74 Å². The van der Waals surface area contributed by atoms with Crippen LogP contribution in [0.3, 0.4) is 0 Å². The van der Waals surface area contributed by atoms with E-state index in [2.05, 4.69) is 18.8 Å². The van der Waals surface area contributed by atoms with Gasteiger partial charge in [0.25, 0.3) is 0 Å². The van der Waals surface area contributed by atoms with Crippen LogP contribution >= 0.6 is 0 Å².